The van der Waals surface area contributed by atoms with Crippen molar-refractivity contribution in [2.45, 2.75) is 24.9 Å². The normalized spacial score (nSPS) is 17.3. The lowest BCUT2D eigenvalue weighted by molar-refractivity contribution is -0.118. The molecule has 0 aliphatic carbocycles. The van der Waals surface area contributed by atoms with Gasteiger partial charge in [0.05, 0.1) is 11.4 Å². The van der Waals surface area contributed by atoms with Crippen LogP contribution in [-0.4, -0.2) is 24.6 Å². The van der Waals surface area contributed by atoms with Gasteiger partial charge in [0.2, 0.25) is 0 Å². The Balaban J connectivity index is 2.16. The zero-order chi connectivity index (χ0) is 13.0. The van der Waals surface area contributed by atoms with Gasteiger partial charge in [0.25, 0.3) is 11.5 Å². The summed E-state index contributed by atoms with van der Waals surface area (Å²) >= 11 is 5.12. The standard InChI is InChI=1S/C13H16ClFN2O/c14-12(15)13(18)16-10-6-2-3-7-11(10)17-8-4-1-5-9-17/h2-3,6-7,12H,1,4-5,8-9H2,(H,16,18). The summed E-state index contributed by atoms with van der Waals surface area (Å²) < 4.78 is 12.7. The van der Waals surface area contributed by atoms with E-state index in [2.05, 4.69) is 10.2 Å². The van der Waals surface area contributed by atoms with Gasteiger partial charge in [-0.1, -0.05) is 23.7 Å². The first kappa shape index (κ1) is 13.1. The minimum Gasteiger partial charge on any atom is -0.370 e. The van der Waals surface area contributed by atoms with E-state index >= 15 is 0 Å². The van der Waals surface area contributed by atoms with Crippen LogP contribution in [0.2, 0.25) is 0 Å². The number of nitrogens with zero attached hydrogens (tertiary/aromatic N) is 1. The van der Waals surface area contributed by atoms with Gasteiger partial charge in [0.1, 0.15) is 0 Å². The van der Waals surface area contributed by atoms with Gasteiger partial charge in [0.15, 0.2) is 0 Å². The van der Waals surface area contributed by atoms with Crippen molar-refractivity contribution in [1.29, 1.82) is 0 Å². The first-order chi connectivity index (χ1) is 8.68. The van der Waals surface area contributed by atoms with Crippen LogP contribution in [0.5, 0.6) is 0 Å². The number of carbonyl (C=O) groups excluding carboxylic acids is 1. The molecule has 1 saturated heterocycles. The average molecular weight is 271 g/mol. The Hall–Kier alpha value is -1.29. The number of halogens is 2. The monoisotopic (exact) mass is 270 g/mol. The van der Waals surface area contributed by atoms with E-state index in [9.17, 15) is 9.18 Å². The molecule has 1 atom stereocenters. The summed E-state index contributed by atoms with van der Waals surface area (Å²) in [5, 5.41) is 2.52. The van der Waals surface area contributed by atoms with E-state index in [0.717, 1.165) is 31.6 Å². The van der Waals surface area contributed by atoms with E-state index in [-0.39, 0.29) is 0 Å². The Bertz CT molecular complexity index is 419. The maximum absolute atomic E-state index is 12.7. The molecule has 0 saturated carbocycles. The molecule has 1 aliphatic heterocycles. The van der Waals surface area contributed by atoms with Crippen LogP contribution >= 0.6 is 11.6 Å². The first-order valence-electron chi connectivity index (χ1n) is 6.11. The zero-order valence-electron chi connectivity index (χ0n) is 10.0. The van der Waals surface area contributed by atoms with Crippen LogP contribution in [0.4, 0.5) is 15.8 Å². The molecule has 1 unspecified atom stereocenters. The Morgan fingerprint density at radius 2 is 1.94 bits per heavy atom. The van der Waals surface area contributed by atoms with Gasteiger partial charge >= 0.3 is 0 Å². The molecule has 98 valence electrons. The van der Waals surface area contributed by atoms with Crippen molar-refractivity contribution < 1.29 is 9.18 Å². The largest absolute Gasteiger partial charge is 0.370 e. The van der Waals surface area contributed by atoms with Crippen LogP contribution in [0.1, 0.15) is 19.3 Å². The van der Waals surface area contributed by atoms with E-state index < -0.39 is 11.5 Å². The molecule has 1 aliphatic rings. The summed E-state index contributed by atoms with van der Waals surface area (Å²) in [4.78, 5) is 13.5. The number of nitrogens with one attached hydrogen (secondary N) is 1. The quantitative estimate of drug-likeness (QED) is 0.856. The summed E-state index contributed by atoms with van der Waals surface area (Å²) in [6.45, 7) is 1.93. The number of alkyl halides is 2. The molecule has 0 aromatic heterocycles. The molecule has 1 aromatic carbocycles. The summed E-state index contributed by atoms with van der Waals surface area (Å²) in [5.41, 5.74) is -0.463. The highest BCUT2D eigenvalue weighted by molar-refractivity contribution is 6.31. The number of piperidine rings is 1. The Kier molecular flexibility index (Phi) is 4.42. The van der Waals surface area contributed by atoms with Crippen molar-refractivity contribution >= 4 is 28.9 Å². The number of carbonyl (C=O) groups is 1. The van der Waals surface area contributed by atoms with Crippen LogP contribution in [-0.2, 0) is 4.79 Å². The van der Waals surface area contributed by atoms with E-state index in [1.807, 2.05) is 18.2 Å². The fraction of sp³-hybridized carbons (Fsp3) is 0.462. The van der Waals surface area contributed by atoms with E-state index in [4.69, 9.17) is 11.6 Å². The molecule has 1 aromatic rings. The van der Waals surface area contributed by atoms with Crippen LogP contribution < -0.4 is 10.2 Å². The second-order valence-corrected chi connectivity index (χ2v) is 4.74. The molecule has 0 bridgehead atoms. The third-order valence-electron chi connectivity index (χ3n) is 3.06. The highest BCUT2D eigenvalue weighted by atomic mass is 35.5. The van der Waals surface area contributed by atoms with Gasteiger partial charge in [-0.05, 0) is 31.4 Å². The van der Waals surface area contributed by atoms with Gasteiger partial charge in [-0.2, -0.15) is 0 Å². The fourth-order valence-corrected chi connectivity index (χ4v) is 2.23. The molecule has 1 N–H and O–H groups in total. The molecule has 5 heteroatoms. The third kappa shape index (κ3) is 3.13. The SMILES string of the molecule is O=C(Nc1ccccc1N1CCCCC1)C(F)Cl. The molecule has 0 radical (unpaired) electrons. The van der Waals surface area contributed by atoms with Crippen molar-refractivity contribution in [3.05, 3.63) is 24.3 Å². The Morgan fingerprint density at radius 1 is 1.28 bits per heavy atom. The highest BCUT2D eigenvalue weighted by Gasteiger charge is 2.18. The van der Waals surface area contributed by atoms with Crippen molar-refractivity contribution in [3.8, 4) is 0 Å². The van der Waals surface area contributed by atoms with Gasteiger partial charge in [-0.15, -0.1) is 0 Å². The first-order valence-corrected chi connectivity index (χ1v) is 6.55. The minimum absolute atomic E-state index is 0.618. The lowest BCUT2D eigenvalue weighted by atomic mass is 10.1. The third-order valence-corrected chi connectivity index (χ3v) is 3.26. The van der Waals surface area contributed by atoms with Crippen molar-refractivity contribution in [2.24, 2.45) is 0 Å². The number of anilines is 2. The zero-order valence-corrected chi connectivity index (χ0v) is 10.8. The predicted molar refractivity (Wildman–Crippen MR) is 71.9 cm³/mol. The van der Waals surface area contributed by atoms with Crippen molar-refractivity contribution in [3.63, 3.8) is 0 Å². The highest BCUT2D eigenvalue weighted by Crippen LogP contribution is 2.28. The topological polar surface area (TPSA) is 32.3 Å². The molecule has 3 nitrogen and oxygen atoms in total. The summed E-state index contributed by atoms with van der Waals surface area (Å²) in [7, 11) is 0. The van der Waals surface area contributed by atoms with Gasteiger partial charge in [-0.25, -0.2) is 4.39 Å². The Labute approximate surface area is 111 Å². The van der Waals surface area contributed by atoms with E-state index in [1.54, 1.807) is 6.07 Å². The average Bonchev–Trinajstić information content (AvgIpc) is 2.40. The van der Waals surface area contributed by atoms with E-state index in [1.165, 1.54) is 6.42 Å². The number of amides is 1. The van der Waals surface area contributed by atoms with Crippen molar-refractivity contribution in [1.82, 2.24) is 0 Å². The Morgan fingerprint density at radius 3 is 2.61 bits per heavy atom. The molecular weight excluding hydrogens is 255 g/mol. The summed E-state index contributed by atoms with van der Waals surface area (Å²) in [6, 6.07) is 7.42. The molecule has 1 heterocycles. The molecule has 1 amide bonds. The van der Waals surface area contributed by atoms with Gasteiger partial charge < -0.3 is 10.2 Å². The lowest BCUT2D eigenvalue weighted by Gasteiger charge is -2.30. The molecular formula is C13H16ClFN2O. The van der Waals surface area contributed by atoms with Crippen LogP contribution in [0.3, 0.4) is 0 Å². The lowest BCUT2D eigenvalue weighted by Crippen LogP contribution is -2.30. The fourth-order valence-electron chi connectivity index (χ4n) is 2.18. The number of para-hydroxylation sites is 2. The molecule has 0 spiro atoms. The number of rotatable bonds is 3. The number of benzene rings is 1. The molecule has 18 heavy (non-hydrogen) atoms. The van der Waals surface area contributed by atoms with E-state index in [0.29, 0.717) is 5.69 Å². The summed E-state index contributed by atoms with van der Waals surface area (Å²) in [6.07, 6.45) is 3.52. The second kappa shape index (κ2) is 6.05. The molecule has 2 rings (SSSR count). The summed E-state index contributed by atoms with van der Waals surface area (Å²) in [5.74, 6) is -0.818. The van der Waals surface area contributed by atoms with Crippen LogP contribution in [0, 0.1) is 0 Å². The maximum Gasteiger partial charge on any atom is 0.274 e. The molecule has 1 fully saturated rings. The number of hydrogen-bond donors (Lipinski definition) is 1. The maximum atomic E-state index is 12.7. The van der Waals surface area contributed by atoms with Crippen LogP contribution in [0.25, 0.3) is 0 Å². The van der Waals surface area contributed by atoms with Crippen molar-refractivity contribution in [2.75, 3.05) is 23.3 Å². The van der Waals surface area contributed by atoms with Crippen LogP contribution in [0.15, 0.2) is 24.3 Å². The predicted octanol–water partition coefficient (Wildman–Crippen LogP) is 3.15. The van der Waals surface area contributed by atoms with Gasteiger partial charge in [-0.3, -0.25) is 4.79 Å². The smallest absolute Gasteiger partial charge is 0.274 e. The second-order valence-electron chi connectivity index (χ2n) is 4.35. The minimum atomic E-state index is -2.01. The number of hydrogen-bond acceptors (Lipinski definition) is 2. The van der Waals surface area contributed by atoms with Gasteiger partial charge in [0, 0.05) is 13.1 Å².